The Morgan fingerprint density at radius 3 is 2.36 bits per heavy atom. The van der Waals surface area contributed by atoms with Crippen LogP contribution >= 0.6 is 0 Å². The summed E-state index contributed by atoms with van der Waals surface area (Å²) < 4.78 is 4.91. The summed E-state index contributed by atoms with van der Waals surface area (Å²) in [5, 5.41) is 8.59. The van der Waals surface area contributed by atoms with Gasteiger partial charge in [-0.2, -0.15) is 0 Å². The maximum absolute atomic E-state index is 11.8. The highest BCUT2D eigenvalue weighted by molar-refractivity contribution is 5.95. The van der Waals surface area contributed by atoms with E-state index in [1.165, 1.54) is 10.4 Å². The molecule has 0 saturated carbocycles. The SMILES string of the molecule is O=C(NO)[C@@H]1CN(c2ccc(-c3ccccc3)cc2)C(=O)O1. The highest BCUT2D eigenvalue weighted by Crippen LogP contribution is 2.26. The smallest absolute Gasteiger partial charge is 0.415 e. The van der Waals surface area contributed by atoms with E-state index in [1.807, 2.05) is 42.5 Å². The maximum Gasteiger partial charge on any atom is 0.415 e. The minimum Gasteiger partial charge on any atom is -0.434 e. The van der Waals surface area contributed by atoms with E-state index in [-0.39, 0.29) is 6.54 Å². The molecule has 0 unspecified atom stereocenters. The van der Waals surface area contributed by atoms with Crippen molar-refractivity contribution in [2.45, 2.75) is 6.10 Å². The number of rotatable bonds is 3. The topological polar surface area (TPSA) is 78.9 Å². The zero-order valence-corrected chi connectivity index (χ0v) is 11.6. The summed E-state index contributed by atoms with van der Waals surface area (Å²) in [6.45, 7) is 0.0654. The molecule has 6 nitrogen and oxygen atoms in total. The van der Waals surface area contributed by atoms with E-state index in [2.05, 4.69) is 0 Å². The predicted octanol–water partition coefficient (Wildman–Crippen LogP) is 2.18. The van der Waals surface area contributed by atoms with Crippen LogP contribution in [0.1, 0.15) is 0 Å². The number of nitrogens with one attached hydrogen (secondary N) is 1. The summed E-state index contributed by atoms with van der Waals surface area (Å²) in [5.41, 5.74) is 4.23. The lowest BCUT2D eigenvalue weighted by Crippen LogP contribution is -2.35. The molecule has 22 heavy (non-hydrogen) atoms. The number of amides is 2. The van der Waals surface area contributed by atoms with Crippen molar-refractivity contribution in [3.05, 3.63) is 54.6 Å². The fourth-order valence-electron chi connectivity index (χ4n) is 2.35. The van der Waals surface area contributed by atoms with Crippen molar-refractivity contribution in [2.24, 2.45) is 0 Å². The van der Waals surface area contributed by atoms with Gasteiger partial charge < -0.3 is 4.74 Å². The van der Waals surface area contributed by atoms with Gasteiger partial charge in [-0.05, 0) is 23.3 Å². The number of nitrogens with zero attached hydrogens (tertiary/aromatic N) is 1. The molecule has 1 aliphatic rings. The number of hydrogen-bond acceptors (Lipinski definition) is 4. The van der Waals surface area contributed by atoms with Crippen LogP contribution in [-0.2, 0) is 9.53 Å². The van der Waals surface area contributed by atoms with Crippen LogP contribution in [0.3, 0.4) is 0 Å². The number of hydroxylamine groups is 1. The Bertz CT molecular complexity index is 685. The van der Waals surface area contributed by atoms with Crippen molar-refractivity contribution in [3.8, 4) is 11.1 Å². The molecular weight excluding hydrogens is 284 g/mol. The van der Waals surface area contributed by atoms with Crippen LogP contribution in [0.15, 0.2) is 54.6 Å². The van der Waals surface area contributed by atoms with E-state index < -0.39 is 18.1 Å². The lowest BCUT2D eigenvalue weighted by atomic mass is 10.1. The molecule has 1 aliphatic heterocycles. The van der Waals surface area contributed by atoms with Gasteiger partial charge in [0.2, 0.25) is 6.10 Å². The second-order valence-electron chi connectivity index (χ2n) is 4.87. The largest absolute Gasteiger partial charge is 0.434 e. The van der Waals surface area contributed by atoms with E-state index in [4.69, 9.17) is 9.94 Å². The first-order valence-corrected chi connectivity index (χ1v) is 6.76. The molecule has 0 radical (unpaired) electrons. The van der Waals surface area contributed by atoms with Gasteiger partial charge in [0.15, 0.2) is 0 Å². The van der Waals surface area contributed by atoms with E-state index in [0.29, 0.717) is 5.69 Å². The molecule has 0 aliphatic carbocycles. The zero-order chi connectivity index (χ0) is 15.5. The molecule has 2 N–H and O–H groups in total. The molecule has 1 atom stereocenters. The lowest BCUT2D eigenvalue weighted by molar-refractivity contribution is -0.136. The molecule has 1 fully saturated rings. The summed E-state index contributed by atoms with van der Waals surface area (Å²) in [6, 6.07) is 17.3. The summed E-state index contributed by atoms with van der Waals surface area (Å²) in [6.07, 6.45) is -1.62. The van der Waals surface area contributed by atoms with Crippen LogP contribution in [-0.4, -0.2) is 29.9 Å². The third-order valence-electron chi connectivity index (χ3n) is 3.50. The summed E-state index contributed by atoms with van der Waals surface area (Å²) >= 11 is 0. The third-order valence-corrected chi connectivity index (χ3v) is 3.50. The van der Waals surface area contributed by atoms with Gasteiger partial charge in [0.25, 0.3) is 5.91 Å². The van der Waals surface area contributed by atoms with Crippen LogP contribution in [0, 0.1) is 0 Å². The van der Waals surface area contributed by atoms with Gasteiger partial charge in [-0.1, -0.05) is 42.5 Å². The van der Waals surface area contributed by atoms with Crippen LogP contribution in [0.5, 0.6) is 0 Å². The molecule has 2 aromatic rings. The zero-order valence-electron chi connectivity index (χ0n) is 11.6. The standard InChI is InChI=1S/C16H14N2O4/c19-15(17-21)14-10-18(16(20)22-14)13-8-6-12(7-9-13)11-4-2-1-3-5-11/h1-9,14,21H,10H2,(H,17,19)/t14-/m0/s1. The number of ether oxygens (including phenoxy) is 1. The monoisotopic (exact) mass is 298 g/mol. The molecule has 2 amide bonds. The normalized spacial score (nSPS) is 17.2. The number of hydrogen-bond donors (Lipinski definition) is 2. The van der Waals surface area contributed by atoms with Gasteiger partial charge in [0.05, 0.1) is 6.54 Å². The highest BCUT2D eigenvalue weighted by Gasteiger charge is 2.36. The van der Waals surface area contributed by atoms with Crippen LogP contribution in [0.25, 0.3) is 11.1 Å². The van der Waals surface area contributed by atoms with Crippen molar-refractivity contribution >= 4 is 17.7 Å². The second kappa shape index (κ2) is 5.87. The molecule has 2 aromatic carbocycles. The molecule has 0 bridgehead atoms. The van der Waals surface area contributed by atoms with Gasteiger partial charge in [0, 0.05) is 5.69 Å². The Hall–Kier alpha value is -2.86. The molecular formula is C16H14N2O4. The van der Waals surface area contributed by atoms with Crippen molar-refractivity contribution in [1.82, 2.24) is 5.48 Å². The average molecular weight is 298 g/mol. The fourth-order valence-corrected chi connectivity index (χ4v) is 2.35. The highest BCUT2D eigenvalue weighted by atomic mass is 16.6. The Balaban J connectivity index is 1.79. The Morgan fingerprint density at radius 2 is 1.73 bits per heavy atom. The fraction of sp³-hybridized carbons (Fsp3) is 0.125. The lowest BCUT2D eigenvalue weighted by Gasteiger charge is -2.13. The number of carbonyl (C=O) groups is 2. The summed E-state index contributed by atoms with van der Waals surface area (Å²) in [7, 11) is 0. The Morgan fingerprint density at radius 1 is 1.09 bits per heavy atom. The average Bonchev–Trinajstić information content (AvgIpc) is 2.97. The quantitative estimate of drug-likeness (QED) is 0.672. The number of carbonyl (C=O) groups excluding carboxylic acids is 2. The molecule has 3 rings (SSSR count). The third kappa shape index (κ3) is 2.64. The van der Waals surface area contributed by atoms with E-state index in [9.17, 15) is 9.59 Å². The molecule has 6 heteroatoms. The molecule has 112 valence electrons. The Labute approximate surface area is 126 Å². The number of benzene rings is 2. The van der Waals surface area contributed by atoms with Crippen molar-refractivity contribution in [1.29, 1.82) is 0 Å². The van der Waals surface area contributed by atoms with Gasteiger partial charge in [0.1, 0.15) is 0 Å². The van der Waals surface area contributed by atoms with Crippen molar-refractivity contribution < 1.29 is 19.5 Å². The first-order valence-electron chi connectivity index (χ1n) is 6.76. The van der Waals surface area contributed by atoms with E-state index in [1.54, 1.807) is 12.1 Å². The van der Waals surface area contributed by atoms with E-state index in [0.717, 1.165) is 11.1 Å². The van der Waals surface area contributed by atoms with Crippen molar-refractivity contribution in [2.75, 3.05) is 11.4 Å². The first-order chi connectivity index (χ1) is 10.7. The maximum atomic E-state index is 11.8. The predicted molar refractivity (Wildman–Crippen MR) is 79.4 cm³/mol. The van der Waals surface area contributed by atoms with Gasteiger partial charge in [-0.25, -0.2) is 10.3 Å². The molecule has 0 spiro atoms. The van der Waals surface area contributed by atoms with Crippen molar-refractivity contribution in [3.63, 3.8) is 0 Å². The number of anilines is 1. The van der Waals surface area contributed by atoms with Crippen LogP contribution in [0.2, 0.25) is 0 Å². The molecule has 1 saturated heterocycles. The van der Waals surface area contributed by atoms with E-state index >= 15 is 0 Å². The van der Waals surface area contributed by atoms with Gasteiger partial charge in [-0.15, -0.1) is 0 Å². The molecule has 0 aromatic heterocycles. The minimum atomic E-state index is -1.01. The van der Waals surface area contributed by atoms with Crippen LogP contribution in [0.4, 0.5) is 10.5 Å². The van der Waals surface area contributed by atoms with Crippen LogP contribution < -0.4 is 10.4 Å². The first kappa shape index (κ1) is 14.1. The summed E-state index contributed by atoms with van der Waals surface area (Å²) in [4.78, 5) is 24.5. The van der Waals surface area contributed by atoms with Gasteiger partial charge in [-0.3, -0.25) is 14.9 Å². The minimum absolute atomic E-state index is 0.0654. The Kier molecular flexibility index (Phi) is 3.76. The number of cyclic esters (lactones) is 1. The molecule has 1 heterocycles. The second-order valence-corrected chi connectivity index (χ2v) is 4.87. The van der Waals surface area contributed by atoms with Gasteiger partial charge >= 0.3 is 6.09 Å². The summed E-state index contributed by atoms with van der Waals surface area (Å²) in [5.74, 6) is -0.739.